The van der Waals surface area contributed by atoms with Crippen molar-refractivity contribution in [2.75, 3.05) is 7.05 Å². The van der Waals surface area contributed by atoms with Gasteiger partial charge in [-0.15, -0.1) is 0 Å². The Labute approximate surface area is 101 Å². The third-order valence-corrected chi connectivity index (χ3v) is 2.81. The third-order valence-electron chi connectivity index (χ3n) is 2.50. The first-order chi connectivity index (χ1) is 7.81. The first-order valence-electron chi connectivity index (χ1n) is 5.29. The van der Waals surface area contributed by atoms with Crippen molar-refractivity contribution in [2.45, 2.75) is 6.54 Å². The van der Waals surface area contributed by atoms with Crippen LogP contribution in [0, 0.1) is 0 Å². The zero-order chi connectivity index (χ0) is 11.4. The predicted molar refractivity (Wildman–Crippen MR) is 69.7 cm³/mol. The summed E-state index contributed by atoms with van der Waals surface area (Å²) in [5, 5.41) is 3.92. The van der Waals surface area contributed by atoms with Crippen molar-refractivity contribution in [1.82, 2.24) is 5.32 Å². The summed E-state index contributed by atoms with van der Waals surface area (Å²) in [5.74, 6) is 0. The van der Waals surface area contributed by atoms with Gasteiger partial charge in [-0.1, -0.05) is 54.1 Å². The smallest absolute Gasteiger partial charge is 0.0487 e. The molecule has 1 nitrogen and oxygen atoms in total. The minimum absolute atomic E-state index is 0.805. The molecule has 82 valence electrons. The van der Waals surface area contributed by atoms with Crippen molar-refractivity contribution in [2.24, 2.45) is 0 Å². The van der Waals surface area contributed by atoms with Gasteiger partial charge < -0.3 is 5.32 Å². The molecule has 2 rings (SSSR count). The molecule has 2 heteroatoms. The summed E-state index contributed by atoms with van der Waals surface area (Å²) in [6.45, 7) is 0.842. The van der Waals surface area contributed by atoms with E-state index in [1.807, 2.05) is 31.3 Å². The van der Waals surface area contributed by atoms with E-state index >= 15 is 0 Å². The Morgan fingerprint density at radius 3 is 2.44 bits per heavy atom. The number of halogens is 1. The van der Waals surface area contributed by atoms with Crippen molar-refractivity contribution < 1.29 is 0 Å². The van der Waals surface area contributed by atoms with Gasteiger partial charge in [-0.05, 0) is 24.2 Å². The molecule has 0 amide bonds. The number of nitrogens with one attached hydrogen (secondary N) is 1. The average Bonchev–Trinajstić information content (AvgIpc) is 2.31. The van der Waals surface area contributed by atoms with E-state index in [1.54, 1.807) is 0 Å². The topological polar surface area (TPSA) is 12.0 Å². The molecular formula is C14H14ClN. The largest absolute Gasteiger partial charge is 0.316 e. The van der Waals surface area contributed by atoms with E-state index in [1.165, 1.54) is 5.56 Å². The Morgan fingerprint density at radius 2 is 1.81 bits per heavy atom. The molecule has 0 saturated heterocycles. The van der Waals surface area contributed by atoms with E-state index in [0.29, 0.717) is 0 Å². The van der Waals surface area contributed by atoms with Gasteiger partial charge in [0.1, 0.15) is 0 Å². The molecule has 0 unspecified atom stereocenters. The lowest BCUT2D eigenvalue weighted by molar-refractivity contribution is 0.818. The summed E-state index contributed by atoms with van der Waals surface area (Å²) in [6, 6.07) is 16.4. The molecule has 2 aromatic carbocycles. The molecule has 2 aromatic rings. The summed E-state index contributed by atoms with van der Waals surface area (Å²) in [7, 11) is 1.93. The fourth-order valence-electron chi connectivity index (χ4n) is 1.72. The van der Waals surface area contributed by atoms with Crippen molar-refractivity contribution in [3.8, 4) is 11.1 Å². The Hall–Kier alpha value is -1.31. The zero-order valence-electron chi connectivity index (χ0n) is 9.20. The number of rotatable bonds is 3. The van der Waals surface area contributed by atoms with Crippen LogP contribution in [0.1, 0.15) is 5.56 Å². The molecule has 0 heterocycles. The standard InChI is InChI=1S/C14H14ClN/c1-16-10-11-7-8-13(14(15)9-11)12-5-3-2-4-6-12/h2-9,16H,10H2,1H3. The van der Waals surface area contributed by atoms with Crippen LogP contribution in [0.3, 0.4) is 0 Å². The van der Waals surface area contributed by atoms with Gasteiger partial charge in [0.15, 0.2) is 0 Å². The van der Waals surface area contributed by atoms with Crippen LogP contribution in [-0.2, 0) is 6.54 Å². The Bertz CT molecular complexity index is 465. The summed E-state index contributed by atoms with van der Waals surface area (Å²) < 4.78 is 0. The van der Waals surface area contributed by atoms with Gasteiger partial charge in [0.2, 0.25) is 0 Å². The highest BCUT2D eigenvalue weighted by Gasteiger charge is 2.03. The SMILES string of the molecule is CNCc1ccc(-c2ccccc2)c(Cl)c1. The molecule has 1 N–H and O–H groups in total. The van der Waals surface area contributed by atoms with E-state index in [-0.39, 0.29) is 0 Å². The van der Waals surface area contributed by atoms with Gasteiger partial charge in [0, 0.05) is 17.1 Å². The first kappa shape index (κ1) is 11.2. The molecule has 0 aliphatic carbocycles. The maximum atomic E-state index is 6.27. The van der Waals surface area contributed by atoms with E-state index in [2.05, 4.69) is 29.6 Å². The van der Waals surface area contributed by atoms with Crippen molar-refractivity contribution in [3.63, 3.8) is 0 Å². The molecule has 0 aromatic heterocycles. The Kier molecular flexibility index (Phi) is 3.60. The highest BCUT2D eigenvalue weighted by molar-refractivity contribution is 6.33. The molecule has 0 bridgehead atoms. The van der Waals surface area contributed by atoms with Gasteiger partial charge >= 0.3 is 0 Å². The lowest BCUT2D eigenvalue weighted by Gasteiger charge is -2.07. The average molecular weight is 232 g/mol. The van der Waals surface area contributed by atoms with E-state index < -0.39 is 0 Å². The van der Waals surface area contributed by atoms with Crippen molar-refractivity contribution >= 4 is 11.6 Å². The molecular weight excluding hydrogens is 218 g/mol. The van der Waals surface area contributed by atoms with E-state index in [9.17, 15) is 0 Å². The summed E-state index contributed by atoms with van der Waals surface area (Å²) >= 11 is 6.27. The highest BCUT2D eigenvalue weighted by atomic mass is 35.5. The van der Waals surface area contributed by atoms with Crippen molar-refractivity contribution in [1.29, 1.82) is 0 Å². The normalized spacial score (nSPS) is 10.4. The minimum Gasteiger partial charge on any atom is -0.316 e. The van der Waals surface area contributed by atoms with Gasteiger partial charge in [-0.3, -0.25) is 0 Å². The molecule has 0 aliphatic rings. The summed E-state index contributed by atoms with van der Waals surface area (Å²) in [4.78, 5) is 0. The Balaban J connectivity index is 2.37. The van der Waals surface area contributed by atoms with E-state index in [0.717, 1.165) is 22.7 Å². The second kappa shape index (κ2) is 5.15. The van der Waals surface area contributed by atoms with Crippen LogP contribution in [0.15, 0.2) is 48.5 Å². The fraction of sp³-hybridized carbons (Fsp3) is 0.143. The molecule has 0 saturated carbocycles. The lowest BCUT2D eigenvalue weighted by Crippen LogP contribution is -2.04. The molecule has 0 spiro atoms. The van der Waals surface area contributed by atoms with Crippen molar-refractivity contribution in [3.05, 3.63) is 59.1 Å². The summed E-state index contributed by atoms with van der Waals surface area (Å²) in [6.07, 6.45) is 0. The number of hydrogen-bond acceptors (Lipinski definition) is 1. The molecule has 0 radical (unpaired) electrons. The molecule has 0 fully saturated rings. The van der Waals surface area contributed by atoms with Crippen LogP contribution < -0.4 is 5.32 Å². The zero-order valence-corrected chi connectivity index (χ0v) is 9.96. The first-order valence-corrected chi connectivity index (χ1v) is 5.67. The predicted octanol–water partition coefficient (Wildman–Crippen LogP) is 3.73. The summed E-state index contributed by atoms with van der Waals surface area (Å²) in [5.41, 5.74) is 3.44. The second-order valence-corrected chi connectivity index (χ2v) is 4.12. The van der Waals surface area contributed by atoms with Gasteiger partial charge in [0.05, 0.1) is 0 Å². The van der Waals surface area contributed by atoms with Crippen LogP contribution >= 0.6 is 11.6 Å². The molecule has 16 heavy (non-hydrogen) atoms. The highest BCUT2D eigenvalue weighted by Crippen LogP contribution is 2.28. The van der Waals surface area contributed by atoms with Crippen LogP contribution in [0.2, 0.25) is 5.02 Å². The maximum absolute atomic E-state index is 6.27. The fourth-order valence-corrected chi connectivity index (χ4v) is 2.04. The minimum atomic E-state index is 0.805. The van der Waals surface area contributed by atoms with Crippen LogP contribution in [0.4, 0.5) is 0 Å². The second-order valence-electron chi connectivity index (χ2n) is 3.71. The van der Waals surface area contributed by atoms with Gasteiger partial charge in [0.25, 0.3) is 0 Å². The maximum Gasteiger partial charge on any atom is 0.0487 e. The monoisotopic (exact) mass is 231 g/mol. The third kappa shape index (κ3) is 2.43. The number of hydrogen-bond donors (Lipinski definition) is 1. The van der Waals surface area contributed by atoms with Crippen LogP contribution in [-0.4, -0.2) is 7.05 Å². The van der Waals surface area contributed by atoms with Gasteiger partial charge in [-0.25, -0.2) is 0 Å². The Morgan fingerprint density at radius 1 is 1.06 bits per heavy atom. The van der Waals surface area contributed by atoms with Crippen LogP contribution in [0.25, 0.3) is 11.1 Å². The van der Waals surface area contributed by atoms with E-state index in [4.69, 9.17) is 11.6 Å². The quantitative estimate of drug-likeness (QED) is 0.849. The molecule has 0 aliphatic heterocycles. The molecule has 0 atom stereocenters. The van der Waals surface area contributed by atoms with Gasteiger partial charge in [-0.2, -0.15) is 0 Å². The lowest BCUT2D eigenvalue weighted by atomic mass is 10.0. The van der Waals surface area contributed by atoms with Crippen LogP contribution in [0.5, 0.6) is 0 Å². The number of benzene rings is 2.